The molecule has 0 aromatic heterocycles. The van der Waals surface area contributed by atoms with Crippen LogP contribution >= 0.6 is 11.6 Å². The molecule has 0 saturated heterocycles. The standard InChI is InChI=1S/C11H13ClN2O2/c12-9-3-7-1-2-16-11(7)8(4-9)5-14-6-10(13)15/h3-4,14H,1-2,5-6H2,(H2,13,15). The van der Waals surface area contributed by atoms with Crippen LogP contribution in [0.25, 0.3) is 0 Å². The largest absolute Gasteiger partial charge is 0.493 e. The Kier molecular flexibility index (Phi) is 3.31. The van der Waals surface area contributed by atoms with E-state index in [1.165, 1.54) is 0 Å². The van der Waals surface area contributed by atoms with E-state index in [-0.39, 0.29) is 12.5 Å². The van der Waals surface area contributed by atoms with Gasteiger partial charge in [0.15, 0.2) is 0 Å². The summed E-state index contributed by atoms with van der Waals surface area (Å²) >= 11 is 6.00. The van der Waals surface area contributed by atoms with Crippen molar-refractivity contribution in [3.8, 4) is 5.75 Å². The van der Waals surface area contributed by atoms with Crippen LogP contribution in [0.5, 0.6) is 5.75 Å². The van der Waals surface area contributed by atoms with Crippen molar-refractivity contribution in [2.75, 3.05) is 13.2 Å². The molecule has 4 nitrogen and oxygen atoms in total. The maximum atomic E-state index is 10.6. The summed E-state index contributed by atoms with van der Waals surface area (Å²) in [7, 11) is 0. The van der Waals surface area contributed by atoms with E-state index in [1.807, 2.05) is 12.1 Å². The number of fused-ring (bicyclic) bond motifs is 1. The average molecular weight is 241 g/mol. The number of carbonyl (C=O) groups excluding carboxylic acids is 1. The fourth-order valence-electron chi connectivity index (χ4n) is 1.80. The number of nitrogens with two attached hydrogens (primary N) is 1. The molecule has 2 rings (SSSR count). The summed E-state index contributed by atoms with van der Waals surface area (Å²) in [6.07, 6.45) is 0.888. The molecule has 0 fully saturated rings. The quantitative estimate of drug-likeness (QED) is 0.820. The van der Waals surface area contributed by atoms with E-state index in [0.717, 1.165) is 23.3 Å². The predicted octanol–water partition coefficient (Wildman–Crippen LogP) is 0.850. The summed E-state index contributed by atoms with van der Waals surface area (Å²) < 4.78 is 5.53. The van der Waals surface area contributed by atoms with Crippen molar-refractivity contribution >= 4 is 17.5 Å². The second-order valence-corrected chi connectivity index (χ2v) is 4.16. The van der Waals surface area contributed by atoms with Crippen LogP contribution in [0.4, 0.5) is 0 Å². The zero-order chi connectivity index (χ0) is 11.5. The third kappa shape index (κ3) is 2.46. The highest BCUT2D eigenvalue weighted by molar-refractivity contribution is 6.30. The van der Waals surface area contributed by atoms with Gasteiger partial charge < -0.3 is 15.8 Å². The number of hydrogen-bond donors (Lipinski definition) is 2. The molecule has 16 heavy (non-hydrogen) atoms. The molecule has 0 saturated carbocycles. The summed E-state index contributed by atoms with van der Waals surface area (Å²) in [6.45, 7) is 1.38. The first-order valence-corrected chi connectivity index (χ1v) is 5.48. The molecule has 0 bridgehead atoms. The first-order chi connectivity index (χ1) is 7.66. The number of primary amides is 1. The third-order valence-corrected chi connectivity index (χ3v) is 2.66. The maximum Gasteiger partial charge on any atom is 0.231 e. The lowest BCUT2D eigenvalue weighted by Gasteiger charge is -2.09. The number of rotatable bonds is 4. The zero-order valence-electron chi connectivity index (χ0n) is 8.75. The molecule has 86 valence electrons. The molecule has 1 amide bonds. The Labute approximate surface area is 98.7 Å². The summed E-state index contributed by atoms with van der Waals surface area (Å²) in [5.41, 5.74) is 7.14. The molecule has 0 radical (unpaired) electrons. The van der Waals surface area contributed by atoms with E-state index in [9.17, 15) is 4.79 Å². The van der Waals surface area contributed by atoms with Crippen LogP contribution in [0.3, 0.4) is 0 Å². The Balaban J connectivity index is 2.11. The molecule has 1 heterocycles. The smallest absolute Gasteiger partial charge is 0.231 e. The van der Waals surface area contributed by atoms with Crippen molar-refractivity contribution in [3.63, 3.8) is 0 Å². The topological polar surface area (TPSA) is 64.4 Å². The lowest BCUT2D eigenvalue weighted by Crippen LogP contribution is -2.28. The monoisotopic (exact) mass is 240 g/mol. The number of benzene rings is 1. The van der Waals surface area contributed by atoms with Crippen LogP contribution in [0.1, 0.15) is 11.1 Å². The van der Waals surface area contributed by atoms with E-state index in [2.05, 4.69) is 5.32 Å². The molecular formula is C11H13ClN2O2. The van der Waals surface area contributed by atoms with Gasteiger partial charge in [-0.3, -0.25) is 4.79 Å². The molecule has 0 unspecified atom stereocenters. The third-order valence-electron chi connectivity index (χ3n) is 2.44. The van der Waals surface area contributed by atoms with Gasteiger partial charge in [0.2, 0.25) is 5.91 Å². The second kappa shape index (κ2) is 4.72. The van der Waals surface area contributed by atoms with E-state index in [1.54, 1.807) is 0 Å². The molecule has 3 N–H and O–H groups in total. The maximum absolute atomic E-state index is 10.6. The number of nitrogens with one attached hydrogen (secondary N) is 1. The van der Waals surface area contributed by atoms with Gasteiger partial charge >= 0.3 is 0 Å². The molecular weight excluding hydrogens is 228 g/mol. The number of amides is 1. The van der Waals surface area contributed by atoms with Crippen LogP contribution in [-0.2, 0) is 17.8 Å². The van der Waals surface area contributed by atoms with Gasteiger partial charge in [-0.2, -0.15) is 0 Å². The van der Waals surface area contributed by atoms with E-state index < -0.39 is 0 Å². The molecule has 1 aliphatic rings. The fourth-order valence-corrected chi connectivity index (χ4v) is 2.06. The van der Waals surface area contributed by atoms with Crippen molar-refractivity contribution in [2.45, 2.75) is 13.0 Å². The highest BCUT2D eigenvalue weighted by Crippen LogP contribution is 2.32. The van der Waals surface area contributed by atoms with E-state index in [4.69, 9.17) is 22.1 Å². The number of hydrogen-bond acceptors (Lipinski definition) is 3. The van der Waals surface area contributed by atoms with Gasteiger partial charge in [-0.1, -0.05) is 11.6 Å². The minimum atomic E-state index is -0.375. The lowest BCUT2D eigenvalue weighted by atomic mass is 10.1. The summed E-state index contributed by atoms with van der Waals surface area (Å²) in [4.78, 5) is 10.6. The molecule has 5 heteroatoms. The zero-order valence-corrected chi connectivity index (χ0v) is 9.51. The molecule has 1 aromatic carbocycles. The number of ether oxygens (including phenoxy) is 1. The van der Waals surface area contributed by atoms with Gasteiger partial charge in [0.25, 0.3) is 0 Å². The molecule has 0 spiro atoms. The van der Waals surface area contributed by atoms with Crippen molar-refractivity contribution in [2.24, 2.45) is 5.73 Å². The first kappa shape index (κ1) is 11.2. The Morgan fingerprint density at radius 2 is 2.38 bits per heavy atom. The van der Waals surface area contributed by atoms with E-state index in [0.29, 0.717) is 18.2 Å². The Morgan fingerprint density at radius 3 is 3.12 bits per heavy atom. The van der Waals surface area contributed by atoms with Gasteiger partial charge in [0, 0.05) is 23.6 Å². The molecule has 0 atom stereocenters. The number of halogens is 1. The Morgan fingerprint density at radius 1 is 1.56 bits per heavy atom. The first-order valence-electron chi connectivity index (χ1n) is 5.10. The van der Waals surface area contributed by atoms with Crippen LogP contribution < -0.4 is 15.8 Å². The minimum Gasteiger partial charge on any atom is -0.493 e. The van der Waals surface area contributed by atoms with Gasteiger partial charge in [-0.05, 0) is 17.7 Å². The van der Waals surface area contributed by atoms with Crippen LogP contribution in [0.15, 0.2) is 12.1 Å². The molecule has 1 aliphatic heterocycles. The van der Waals surface area contributed by atoms with Crippen molar-refractivity contribution in [1.29, 1.82) is 0 Å². The molecule has 1 aromatic rings. The SMILES string of the molecule is NC(=O)CNCc1cc(Cl)cc2c1OCC2. The van der Waals surface area contributed by atoms with E-state index >= 15 is 0 Å². The lowest BCUT2D eigenvalue weighted by molar-refractivity contribution is -0.117. The van der Waals surface area contributed by atoms with Gasteiger partial charge in [-0.15, -0.1) is 0 Å². The molecule has 0 aliphatic carbocycles. The van der Waals surface area contributed by atoms with Gasteiger partial charge in [-0.25, -0.2) is 0 Å². The number of carbonyl (C=O) groups is 1. The van der Waals surface area contributed by atoms with Gasteiger partial charge in [0.1, 0.15) is 5.75 Å². The van der Waals surface area contributed by atoms with Crippen molar-refractivity contribution in [1.82, 2.24) is 5.32 Å². The average Bonchev–Trinajstić information content (AvgIpc) is 2.64. The fraction of sp³-hybridized carbons (Fsp3) is 0.364. The van der Waals surface area contributed by atoms with Crippen molar-refractivity contribution < 1.29 is 9.53 Å². The summed E-state index contributed by atoms with van der Waals surface area (Å²) in [6, 6.07) is 3.77. The summed E-state index contributed by atoms with van der Waals surface area (Å²) in [5, 5.41) is 3.64. The van der Waals surface area contributed by atoms with Crippen molar-refractivity contribution in [3.05, 3.63) is 28.3 Å². The Bertz CT molecular complexity index is 421. The highest BCUT2D eigenvalue weighted by Gasteiger charge is 2.17. The predicted molar refractivity (Wildman–Crippen MR) is 61.6 cm³/mol. The summed E-state index contributed by atoms with van der Waals surface area (Å²) in [5.74, 6) is 0.515. The van der Waals surface area contributed by atoms with Crippen LogP contribution in [-0.4, -0.2) is 19.1 Å². The Hall–Kier alpha value is -1.26. The van der Waals surface area contributed by atoms with Crippen LogP contribution in [0.2, 0.25) is 5.02 Å². The van der Waals surface area contributed by atoms with Crippen LogP contribution in [0, 0.1) is 0 Å². The minimum absolute atomic E-state index is 0.154. The van der Waals surface area contributed by atoms with Gasteiger partial charge in [0.05, 0.1) is 13.2 Å². The second-order valence-electron chi connectivity index (χ2n) is 3.72. The highest BCUT2D eigenvalue weighted by atomic mass is 35.5. The normalized spacial score (nSPS) is 13.3.